The second kappa shape index (κ2) is 8.79. The number of carbonyl (C=O) groups is 1. The van der Waals surface area contributed by atoms with Crippen LogP contribution >= 0.6 is 12.4 Å². The Kier molecular flexibility index (Phi) is 6.94. The van der Waals surface area contributed by atoms with Gasteiger partial charge in [0, 0.05) is 19.6 Å². The molecule has 0 fully saturated rings. The molecule has 146 valence electrons. The molecule has 1 heterocycles. The molecule has 0 spiro atoms. The van der Waals surface area contributed by atoms with Crippen molar-refractivity contribution in [3.05, 3.63) is 65.0 Å². The van der Waals surface area contributed by atoms with Gasteiger partial charge in [-0.15, -0.1) is 12.4 Å². The van der Waals surface area contributed by atoms with Crippen molar-refractivity contribution in [3.8, 4) is 0 Å². The summed E-state index contributed by atoms with van der Waals surface area (Å²) in [5.74, 6) is -1.34. The highest BCUT2D eigenvalue weighted by atomic mass is 35.5. The number of amides is 1. The average Bonchev–Trinajstić information content (AvgIpc) is 3.07. The third-order valence-corrected chi connectivity index (χ3v) is 5.79. The molecule has 0 bridgehead atoms. The van der Waals surface area contributed by atoms with Gasteiger partial charge in [0.05, 0.1) is 6.04 Å². The van der Waals surface area contributed by atoms with Crippen molar-refractivity contribution in [2.75, 3.05) is 0 Å². The molecule has 0 saturated carbocycles. The number of carbonyl (C=O) groups excluding carboxylic acids is 1. The monoisotopic (exact) mass is 413 g/mol. The largest absolute Gasteiger partial charge is 0.351 e. The Morgan fingerprint density at radius 3 is 2.63 bits per heavy atom. The second-order valence-electron chi connectivity index (χ2n) is 6.20. The summed E-state index contributed by atoms with van der Waals surface area (Å²) in [4.78, 5) is 11.7. The van der Waals surface area contributed by atoms with Crippen LogP contribution in [0, 0.1) is 5.82 Å². The van der Waals surface area contributed by atoms with Gasteiger partial charge < -0.3 is 10.6 Å². The quantitative estimate of drug-likeness (QED) is 0.674. The van der Waals surface area contributed by atoms with Gasteiger partial charge in [-0.05, 0) is 35.7 Å². The number of halogens is 2. The van der Waals surface area contributed by atoms with Crippen LogP contribution in [0.15, 0.2) is 47.4 Å². The first-order valence-corrected chi connectivity index (χ1v) is 9.71. The van der Waals surface area contributed by atoms with Crippen LogP contribution in [0.2, 0.25) is 0 Å². The Balaban J connectivity index is 0.00000261. The molecule has 0 saturated heterocycles. The van der Waals surface area contributed by atoms with Crippen molar-refractivity contribution in [1.82, 2.24) is 15.4 Å². The molecule has 27 heavy (non-hydrogen) atoms. The molecule has 2 aromatic rings. The van der Waals surface area contributed by atoms with Gasteiger partial charge in [0.25, 0.3) is 0 Å². The lowest BCUT2D eigenvalue weighted by Crippen LogP contribution is -2.44. The second-order valence-corrected chi connectivity index (χ2v) is 7.88. The normalized spacial score (nSPS) is 14.1. The van der Waals surface area contributed by atoms with Crippen LogP contribution in [0.5, 0.6) is 0 Å². The first kappa shape index (κ1) is 21.3. The summed E-state index contributed by atoms with van der Waals surface area (Å²) in [6.07, 6.45) is 0. The van der Waals surface area contributed by atoms with Gasteiger partial charge in [-0.25, -0.2) is 12.8 Å². The first-order valence-electron chi connectivity index (χ1n) is 8.23. The van der Waals surface area contributed by atoms with Gasteiger partial charge >= 0.3 is 0 Å². The summed E-state index contributed by atoms with van der Waals surface area (Å²) in [6, 6.07) is 9.96. The van der Waals surface area contributed by atoms with Crippen molar-refractivity contribution in [2.45, 2.75) is 37.5 Å². The summed E-state index contributed by atoms with van der Waals surface area (Å²) in [7, 11) is -4.12. The van der Waals surface area contributed by atoms with Crippen molar-refractivity contribution in [3.63, 3.8) is 0 Å². The summed E-state index contributed by atoms with van der Waals surface area (Å²) in [5, 5.41) is 5.95. The lowest BCUT2D eigenvalue weighted by atomic mass is 10.1. The number of fused-ring (bicyclic) bond motifs is 1. The van der Waals surface area contributed by atoms with Crippen LogP contribution in [0.25, 0.3) is 0 Å². The molecule has 3 N–H and O–H groups in total. The maximum Gasteiger partial charge on any atom is 0.244 e. The Morgan fingerprint density at radius 2 is 1.89 bits per heavy atom. The Hall–Kier alpha value is -2.00. The minimum Gasteiger partial charge on any atom is -0.351 e. The Morgan fingerprint density at radius 1 is 1.19 bits per heavy atom. The molecular formula is C18H21ClFN3O3S. The predicted molar refractivity (Wildman–Crippen MR) is 102 cm³/mol. The lowest BCUT2D eigenvalue weighted by molar-refractivity contribution is -0.122. The summed E-state index contributed by atoms with van der Waals surface area (Å²) in [5.41, 5.74) is 3.38. The van der Waals surface area contributed by atoms with Gasteiger partial charge in [0.2, 0.25) is 15.9 Å². The molecule has 0 aromatic heterocycles. The molecule has 1 aliphatic heterocycles. The van der Waals surface area contributed by atoms with Gasteiger partial charge in [0.15, 0.2) is 0 Å². The molecule has 1 atom stereocenters. The van der Waals surface area contributed by atoms with E-state index in [9.17, 15) is 17.6 Å². The fourth-order valence-electron chi connectivity index (χ4n) is 2.81. The summed E-state index contributed by atoms with van der Waals surface area (Å²) >= 11 is 0. The molecule has 1 aliphatic rings. The lowest BCUT2D eigenvalue weighted by Gasteiger charge is -2.15. The molecule has 1 unspecified atom stereocenters. The van der Waals surface area contributed by atoms with E-state index in [0.717, 1.165) is 30.8 Å². The number of nitrogens with one attached hydrogen (secondary N) is 3. The van der Waals surface area contributed by atoms with Crippen LogP contribution < -0.4 is 15.4 Å². The van der Waals surface area contributed by atoms with Crippen LogP contribution in [0.1, 0.15) is 23.6 Å². The smallest absolute Gasteiger partial charge is 0.244 e. The molecule has 0 radical (unpaired) electrons. The standard InChI is InChI=1S/C18H20FN3O3S.ClH/c1-12(22-26(24,25)17-5-3-2-4-16(17)19)18(23)21-9-13-6-7-14-10-20-11-15(14)8-13;/h2-8,12,20,22H,9-11H2,1H3,(H,21,23);1H. The van der Waals surface area contributed by atoms with Gasteiger partial charge in [-0.1, -0.05) is 30.3 Å². The number of hydrogen-bond donors (Lipinski definition) is 3. The van der Waals surface area contributed by atoms with Crippen LogP contribution in [-0.2, 0) is 34.5 Å². The predicted octanol–water partition coefficient (Wildman–Crippen LogP) is 1.83. The zero-order valence-corrected chi connectivity index (χ0v) is 16.3. The van der Waals surface area contributed by atoms with Gasteiger partial charge in [-0.2, -0.15) is 4.72 Å². The minimum absolute atomic E-state index is 0. The molecular weight excluding hydrogens is 393 g/mol. The van der Waals surface area contributed by atoms with Crippen molar-refractivity contribution in [2.24, 2.45) is 0 Å². The highest BCUT2D eigenvalue weighted by molar-refractivity contribution is 7.89. The van der Waals surface area contributed by atoms with E-state index in [0.29, 0.717) is 0 Å². The highest BCUT2D eigenvalue weighted by Gasteiger charge is 2.24. The van der Waals surface area contributed by atoms with Gasteiger partial charge in [-0.3, -0.25) is 4.79 Å². The van der Waals surface area contributed by atoms with E-state index in [2.05, 4.69) is 15.4 Å². The molecule has 1 amide bonds. The van der Waals surface area contributed by atoms with Crippen molar-refractivity contribution < 1.29 is 17.6 Å². The van der Waals surface area contributed by atoms with E-state index in [1.807, 2.05) is 18.2 Å². The number of benzene rings is 2. The fourth-order valence-corrected chi connectivity index (χ4v) is 4.09. The first-order chi connectivity index (χ1) is 12.4. The molecule has 0 aliphatic carbocycles. The topological polar surface area (TPSA) is 87.3 Å². The van der Waals surface area contributed by atoms with Gasteiger partial charge in [0.1, 0.15) is 10.7 Å². The maximum absolute atomic E-state index is 13.7. The Bertz CT molecular complexity index is 937. The zero-order chi connectivity index (χ0) is 18.7. The van der Waals surface area contributed by atoms with Crippen molar-refractivity contribution >= 4 is 28.3 Å². The summed E-state index contributed by atoms with van der Waals surface area (Å²) in [6.45, 7) is 3.35. The number of rotatable bonds is 6. The Labute approximate surface area is 164 Å². The molecule has 2 aromatic carbocycles. The third-order valence-electron chi connectivity index (χ3n) is 4.22. The third kappa shape index (κ3) is 5.04. The summed E-state index contributed by atoms with van der Waals surface area (Å²) < 4.78 is 40.4. The molecule has 6 nitrogen and oxygen atoms in total. The zero-order valence-electron chi connectivity index (χ0n) is 14.7. The van der Waals surface area contributed by atoms with E-state index >= 15 is 0 Å². The van der Waals surface area contributed by atoms with E-state index in [1.165, 1.54) is 30.2 Å². The number of sulfonamides is 1. The van der Waals surface area contributed by atoms with Crippen LogP contribution in [-0.4, -0.2) is 20.4 Å². The SMILES string of the molecule is CC(NS(=O)(=O)c1ccccc1F)C(=O)NCc1ccc2c(c1)CNC2.Cl. The van der Waals surface area contributed by atoms with Crippen LogP contribution in [0.4, 0.5) is 4.39 Å². The minimum atomic E-state index is -4.12. The van der Waals surface area contributed by atoms with E-state index in [1.54, 1.807) is 0 Å². The fraction of sp³-hybridized carbons (Fsp3) is 0.278. The van der Waals surface area contributed by atoms with Crippen molar-refractivity contribution in [1.29, 1.82) is 0 Å². The number of hydrogen-bond acceptors (Lipinski definition) is 4. The van der Waals surface area contributed by atoms with E-state index in [4.69, 9.17) is 0 Å². The molecule has 3 rings (SSSR count). The average molecular weight is 414 g/mol. The van der Waals surface area contributed by atoms with E-state index < -0.39 is 32.7 Å². The maximum atomic E-state index is 13.7. The highest BCUT2D eigenvalue weighted by Crippen LogP contribution is 2.17. The van der Waals surface area contributed by atoms with E-state index in [-0.39, 0.29) is 19.0 Å². The molecule has 9 heteroatoms. The van der Waals surface area contributed by atoms with Crippen LogP contribution in [0.3, 0.4) is 0 Å².